The number of carbonyl (C=O) groups is 2. The molecule has 1 rings (SSSR count). The van der Waals surface area contributed by atoms with E-state index in [1.54, 1.807) is 0 Å². The molecule has 0 saturated carbocycles. The highest BCUT2D eigenvalue weighted by Crippen LogP contribution is 2.26. The molecule has 1 amide bonds. The van der Waals surface area contributed by atoms with Gasteiger partial charge in [-0.05, 0) is 26.2 Å². The molecule has 1 saturated heterocycles. The van der Waals surface area contributed by atoms with Crippen LogP contribution in [0, 0.1) is 0 Å². The molecule has 92 valence electrons. The van der Waals surface area contributed by atoms with Gasteiger partial charge in [-0.1, -0.05) is 0 Å². The first-order valence-electron chi connectivity index (χ1n) is 5.19. The summed E-state index contributed by atoms with van der Waals surface area (Å²) in [6.07, 6.45) is -3.02. The number of alkyl halides is 3. The highest BCUT2D eigenvalue weighted by atomic mass is 19.4. The van der Waals surface area contributed by atoms with Gasteiger partial charge in [-0.15, -0.1) is 0 Å². The van der Waals surface area contributed by atoms with E-state index in [-0.39, 0.29) is 18.7 Å². The first-order valence-corrected chi connectivity index (χ1v) is 5.19. The Balaban J connectivity index is 2.74. The number of halogens is 3. The number of hydrogen-bond acceptors (Lipinski definition) is 2. The number of likely N-dealkylation sites (tertiary alicyclic amines) is 1. The predicted molar refractivity (Wildman–Crippen MR) is 50.7 cm³/mol. The molecule has 1 atom stereocenters. The average Bonchev–Trinajstić information content (AvgIpc) is 2.15. The Labute approximate surface area is 91.6 Å². The van der Waals surface area contributed by atoms with E-state index >= 15 is 0 Å². The second-order valence-corrected chi connectivity index (χ2v) is 4.05. The largest absolute Gasteiger partial charge is 0.471 e. The maximum atomic E-state index is 12.3. The maximum Gasteiger partial charge on any atom is 0.471 e. The fraction of sp³-hybridized carbons (Fsp3) is 0.800. The third kappa shape index (κ3) is 3.21. The van der Waals surface area contributed by atoms with Gasteiger partial charge >= 0.3 is 12.1 Å². The van der Waals surface area contributed by atoms with Crippen molar-refractivity contribution in [2.24, 2.45) is 0 Å². The standard InChI is InChI=1S/C10H14F3NO2/c1-7(15)6-8-4-2-3-5-14(8)9(16)10(11,12)13/h8H,2-6H2,1H3. The molecule has 16 heavy (non-hydrogen) atoms. The Morgan fingerprint density at radius 2 is 1.94 bits per heavy atom. The summed E-state index contributed by atoms with van der Waals surface area (Å²) in [4.78, 5) is 22.8. The van der Waals surface area contributed by atoms with E-state index in [9.17, 15) is 22.8 Å². The smallest absolute Gasteiger partial charge is 0.331 e. The first-order chi connectivity index (χ1) is 7.32. The van der Waals surface area contributed by atoms with Gasteiger partial charge in [0, 0.05) is 19.0 Å². The minimum Gasteiger partial charge on any atom is -0.331 e. The van der Waals surface area contributed by atoms with E-state index in [2.05, 4.69) is 0 Å². The summed E-state index contributed by atoms with van der Waals surface area (Å²) in [5.74, 6) is -2.01. The van der Waals surface area contributed by atoms with Gasteiger partial charge in [0.1, 0.15) is 5.78 Å². The minimum absolute atomic E-state index is 0.0157. The summed E-state index contributed by atoms with van der Waals surface area (Å²) < 4.78 is 36.8. The third-order valence-electron chi connectivity index (χ3n) is 2.65. The van der Waals surface area contributed by atoms with Gasteiger partial charge in [0.05, 0.1) is 0 Å². The summed E-state index contributed by atoms with van der Waals surface area (Å²) in [5.41, 5.74) is 0. The van der Waals surface area contributed by atoms with Crippen LogP contribution in [0.25, 0.3) is 0 Å². The molecule has 0 spiro atoms. The van der Waals surface area contributed by atoms with Crippen LogP contribution in [-0.4, -0.2) is 35.4 Å². The second kappa shape index (κ2) is 4.84. The fourth-order valence-electron chi connectivity index (χ4n) is 1.97. The molecule has 0 aromatic rings. The number of nitrogens with zero attached hydrogens (tertiary/aromatic N) is 1. The van der Waals surface area contributed by atoms with Crippen molar-refractivity contribution in [3.05, 3.63) is 0 Å². The van der Waals surface area contributed by atoms with Crippen molar-refractivity contribution in [1.29, 1.82) is 0 Å². The van der Waals surface area contributed by atoms with E-state index in [1.165, 1.54) is 6.92 Å². The molecule has 0 aliphatic carbocycles. The van der Waals surface area contributed by atoms with Crippen LogP contribution in [0.2, 0.25) is 0 Å². The summed E-state index contributed by atoms with van der Waals surface area (Å²) in [6, 6.07) is -0.583. The van der Waals surface area contributed by atoms with E-state index in [4.69, 9.17) is 0 Å². The summed E-state index contributed by atoms with van der Waals surface area (Å²) in [7, 11) is 0. The van der Waals surface area contributed by atoms with Crippen LogP contribution in [0.1, 0.15) is 32.6 Å². The molecule has 3 nitrogen and oxygen atoms in total. The van der Waals surface area contributed by atoms with Crippen LogP contribution in [0.3, 0.4) is 0 Å². The van der Waals surface area contributed by atoms with Gasteiger partial charge in [0.15, 0.2) is 0 Å². The fourth-order valence-corrected chi connectivity index (χ4v) is 1.97. The summed E-state index contributed by atoms with van der Waals surface area (Å²) in [6.45, 7) is 1.42. The normalized spacial score (nSPS) is 22.0. The Morgan fingerprint density at radius 1 is 1.31 bits per heavy atom. The number of Topliss-reactive ketones (excluding diaryl/α,β-unsaturated/α-hetero) is 1. The number of carbonyl (C=O) groups excluding carboxylic acids is 2. The number of ketones is 1. The second-order valence-electron chi connectivity index (χ2n) is 4.05. The zero-order chi connectivity index (χ0) is 12.3. The average molecular weight is 237 g/mol. The number of amides is 1. The quantitative estimate of drug-likeness (QED) is 0.735. The molecule has 1 aliphatic rings. The van der Waals surface area contributed by atoms with E-state index < -0.39 is 18.1 Å². The van der Waals surface area contributed by atoms with Gasteiger partial charge in [-0.2, -0.15) is 13.2 Å². The lowest BCUT2D eigenvalue weighted by molar-refractivity contribution is -0.189. The van der Waals surface area contributed by atoms with E-state index in [0.29, 0.717) is 12.8 Å². The minimum atomic E-state index is -4.84. The van der Waals surface area contributed by atoms with Crippen LogP contribution in [0.4, 0.5) is 13.2 Å². The molecule has 0 bridgehead atoms. The van der Waals surface area contributed by atoms with Crippen LogP contribution in [-0.2, 0) is 9.59 Å². The summed E-state index contributed by atoms with van der Waals surface area (Å²) >= 11 is 0. The van der Waals surface area contributed by atoms with E-state index in [1.807, 2.05) is 0 Å². The summed E-state index contributed by atoms with van der Waals surface area (Å²) in [5, 5.41) is 0. The van der Waals surface area contributed by atoms with Crippen LogP contribution < -0.4 is 0 Å². The molecule has 0 N–H and O–H groups in total. The van der Waals surface area contributed by atoms with Crippen molar-refractivity contribution in [1.82, 2.24) is 4.90 Å². The topological polar surface area (TPSA) is 37.4 Å². The molecule has 1 aliphatic heterocycles. The van der Waals surface area contributed by atoms with Crippen molar-refractivity contribution in [3.63, 3.8) is 0 Å². The van der Waals surface area contributed by atoms with Gasteiger partial charge < -0.3 is 4.90 Å². The van der Waals surface area contributed by atoms with Gasteiger partial charge in [0.25, 0.3) is 0 Å². The van der Waals surface area contributed by atoms with E-state index in [0.717, 1.165) is 11.3 Å². The molecule has 1 unspecified atom stereocenters. The Hall–Kier alpha value is -1.07. The number of rotatable bonds is 2. The van der Waals surface area contributed by atoms with Gasteiger partial charge in [-0.25, -0.2) is 0 Å². The molecular weight excluding hydrogens is 223 g/mol. The maximum absolute atomic E-state index is 12.3. The van der Waals surface area contributed by atoms with Crippen LogP contribution >= 0.6 is 0 Å². The zero-order valence-electron chi connectivity index (χ0n) is 9.01. The van der Waals surface area contributed by atoms with Crippen molar-refractivity contribution >= 4 is 11.7 Å². The molecule has 0 aromatic carbocycles. The molecule has 0 aromatic heterocycles. The molecule has 0 radical (unpaired) electrons. The van der Waals surface area contributed by atoms with Crippen molar-refractivity contribution in [2.45, 2.75) is 44.8 Å². The highest BCUT2D eigenvalue weighted by Gasteiger charge is 2.45. The van der Waals surface area contributed by atoms with Crippen molar-refractivity contribution in [2.75, 3.05) is 6.54 Å². The van der Waals surface area contributed by atoms with Crippen LogP contribution in [0.5, 0.6) is 0 Å². The lowest BCUT2D eigenvalue weighted by atomic mass is 9.97. The van der Waals surface area contributed by atoms with Gasteiger partial charge in [-0.3, -0.25) is 9.59 Å². The monoisotopic (exact) mass is 237 g/mol. The predicted octanol–water partition coefficient (Wildman–Crippen LogP) is 1.91. The molecule has 6 heteroatoms. The Kier molecular flexibility index (Phi) is 3.93. The lowest BCUT2D eigenvalue weighted by Crippen LogP contribution is -2.50. The number of hydrogen-bond donors (Lipinski definition) is 0. The molecular formula is C10H14F3NO2. The van der Waals surface area contributed by atoms with Crippen LogP contribution in [0.15, 0.2) is 0 Å². The Bertz CT molecular complexity index is 288. The van der Waals surface area contributed by atoms with Crippen molar-refractivity contribution < 1.29 is 22.8 Å². The first kappa shape index (κ1) is 13.0. The third-order valence-corrected chi connectivity index (χ3v) is 2.65. The lowest BCUT2D eigenvalue weighted by Gasteiger charge is -2.35. The van der Waals surface area contributed by atoms with Gasteiger partial charge in [0.2, 0.25) is 0 Å². The number of piperidine rings is 1. The Morgan fingerprint density at radius 3 is 2.44 bits per heavy atom. The molecule has 1 fully saturated rings. The molecule has 1 heterocycles. The SMILES string of the molecule is CC(=O)CC1CCCCN1C(=O)C(F)(F)F. The van der Waals surface area contributed by atoms with Crippen molar-refractivity contribution in [3.8, 4) is 0 Å². The zero-order valence-corrected chi connectivity index (χ0v) is 9.01. The highest BCUT2D eigenvalue weighted by molar-refractivity contribution is 5.83.